The Balaban J connectivity index is 3.09. The summed E-state index contributed by atoms with van der Waals surface area (Å²) in [5.41, 5.74) is 0. The molecule has 0 bridgehead atoms. The molecule has 5 heteroatoms. The van der Waals surface area contributed by atoms with E-state index in [1.807, 2.05) is 0 Å². The Bertz CT molecular complexity index is 339. The van der Waals surface area contributed by atoms with Gasteiger partial charge in [0.15, 0.2) is 0 Å². The number of quaternary nitrogens is 1. The van der Waals surface area contributed by atoms with Crippen LogP contribution in [0.3, 0.4) is 0 Å². The summed E-state index contributed by atoms with van der Waals surface area (Å²) in [6.45, 7) is 4.13. The van der Waals surface area contributed by atoms with Crippen LogP contribution in [0.4, 0.5) is 0 Å². The fourth-order valence-electron chi connectivity index (χ4n) is 2.62. The summed E-state index contributed by atoms with van der Waals surface area (Å²) < 4.78 is -0.255. The molecule has 0 radical (unpaired) electrons. The normalized spacial score (nSPS) is 28.7. The summed E-state index contributed by atoms with van der Waals surface area (Å²) in [4.78, 5) is 34.8. The van der Waals surface area contributed by atoms with Crippen molar-refractivity contribution in [2.75, 3.05) is 13.1 Å². The maximum absolute atomic E-state index is 12.1. The molecular weight excluding hydrogens is 222 g/mol. The van der Waals surface area contributed by atoms with Crippen LogP contribution in [0.5, 0.6) is 0 Å². The minimum absolute atomic E-state index is 0.124. The van der Waals surface area contributed by atoms with Gasteiger partial charge in [-0.3, -0.25) is 4.79 Å². The number of nitrogens with zero attached hydrogens (tertiary/aromatic N) is 1. The first kappa shape index (κ1) is 13.8. The van der Waals surface area contributed by atoms with E-state index >= 15 is 0 Å². The van der Waals surface area contributed by atoms with Gasteiger partial charge in [0.2, 0.25) is 0 Å². The Hall–Kier alpha value is -1.23. The van der Waals surface area contributed by atoms with Crippen LogP contribution in [-0.4, -0.2) is 41.3 Å². The Morgan fingerprint density at radius 1 is 1.24 bits per heavy atom. The summed E-state index contributed by atoms with van der Waals surface area (Å²) in [7, 11) is 0. The highest BCUT2D eigenvalue weighted by Gasteiger charge is 2.47. The summed E-state index contributed by atoms with van der Waals surface area (Å²) in [6.07, 6.45) is 2.09. The number of aliphatic carboxylic acids is 1. The number of likely N-dealkylation sites (N-methyl/N-ethyl adjacent to an activating group) is 1. The predicted molar refractivity (Wildman–Crippen MR) is 58.6 cm³/mol. The quantitative estimate of drug-likeness (QED) is 0.497. The van der Waals surface area contributed by atoms with Gasteiger partial charge in [-0.1, -0.05) is 6.92 Å². The van der Waals surface area contributed by atoms with E-state index < -0.39 is 23.7 Å². The maximum atomic E-state index is 12.1. The van der Waals surface area contributed by atoms with Crippen molar-refractivity contribution in [3.8, 4) is 0 Å². The highest BCUT2D eigenvalue weighted by Crippen LogP contribution is 2.26. The Morgan fingerprint density at radius 3 is 2.35 bits per heavy atom. The van der Waals surface area contributed by atoms with Crippen molar-refractivity contribution in [3.63, 3.8) is 0 Å². The van der Waals surface area contributed by atoms with Gasteiger partial charge in [-0.25, -0.2) is 9.28 Å². The molecule has 0 saturated carbocycles. The molecule has 5 nitrogen and oxygen atoms in total. The van der Waals surface area contributed by atoms with Crippen LogP contribution in [0.2, 0.25) is 0 Å². The number of hydrogen-bond donors (Lipinski definition) is 0. The molecule has 1 heterocycles. The van der Waals surface area contributed by atoms with Crippen LogP contribution >= 0.6 is 0 Å². The van der Waals surface area contributed by atoms with Gasteiger partial charge in [-0.15, -0.1) is 0 Å². The van der Waals surface area contributed by atoms with E-state index in [9.17, 15) is 19.5 Å². The highest BCUT2D eigenvalue weighted by atomic mass is 16.4. The minimum atomic E-state index is -1.22. The van der Waals surface area contributed by atoms with Gasteiger partial charge in [0.25, 0.3) is 5.78 Å². The fourth-order valence-corrected chi connectivity index (χ4v) is 2.62. The van der Waals surface area contributed by atoms with Crippen LogP contribution in [0.25, 0.3) is 0 Å². The second-order valence-electron chi connectivity index (χ2n) is 4.49. The maximum Gasteiger partial charge on any atom is 0.382 e. The number of carbonyl (C=O) groups excluding carboxylic acids is 3. The lowest BCUT2D eigenvalue weighted by Crippen LogP contribution is -2.68. The smallest absolute Gasteiger partial charge is 0.382 e. The van der Waals surface area contributed by atoms with Gasteiger partial charge in [-0.05, 0) is 19.8 Å². The third kappa shape index (κ3) is 2.39. The van der Waals surface area contributed by atoms with E-state index in [4.69, 9.17) is 0 Å². The van der Waals surface area contributed by atoms with Crippen molar-refractivity contribution >= 4 is 17.7 Å². The van der Waals surface area contributed by atoms with Crippen LogP contribution < -0.4 is 5.11 Å². The van der Waals surface area contributed by atoms with Crippen LogP contribution in [0.1, 0.15) is 39.5 Å². The Morgan fingerprint density at radius 2 is 1.88 bits per heavy atom. The molecule has 0 aromatic heterocycles. The summed E-state index contributed by atoms with van der Waals surface area (Å²) in [5, 5.41) is 11.2. The lowest BCUT2D eigenvalue weighted by atomic mass is 9.96. The average molecular weight is 241 g/mol. The summed E-state index contributed by atoms with van der Waals surface area (Å²) >= 11 is 0. The number of carboxylic acids is 1. The molecule has 1 saturated heterocycles. The second-order valence-corrected chi connectivity index (χ2v) is 4.49. The molecule has 2 unspecified atom stereocenters. The van der Waals surface area contributed by atoms with Crippen molar-refractivity contribution < 1.29 is 24.0 Å². The minimum Gasteiger partial charge on any atom is -0.544 e. The Labute approximate surface area is 101 Å². The molecular formula is C12H19NO4. The van der Waals surface area contributed by atoms with Crippen molar-refractivity contribution in [3.05, 3.63) is 0 Å². The first-order chi connectivity index (χ1) is 7.99. The fraction of sp³-hybridized carbons (Fsp3) is 0.750. The lowest BCUT2D eigenvalue weighted by Gasteiger charge is -2.44. The Kier molecular flexibility index (Phi) is 4.40. The molecule has 0 aliphatic carbocycles. The summed E-state index contributed by atoms with van der Waals surface area (Å²) in [5.74, 6) is -2.27. The number of hydrogen-bond acceptors (Lipinski definition) is 4. The first-order valence-electron chi connectivity index (χ1n) is 6.15. The number of rotatable bonds is 4. The number of likely N-dealkylation sites (tertiary alicyclic amines) is 1. The molecule has 1 amide bonds. The van der Waals surface area contributed by atoms with E-state index in [0.717, 1.165) is 12.8 Å². The van der Waals surface area contributed by atoms with Crippen LogP contribution in [-0.2, 0) is 14.4 Å². The monoisotopic (exact) mass is 241 g/mol. The molecule has 0 N–H and O–H groups in total. The van der Waals surface area contributed by atoms with E-state index in [2.05, 4.69) is 0 Å². The van der Waals surface area contributed by atoms with Gasteiger partial charge >= 0.3 is 5.91 Å². The van der Waals surface area contributed by atoms with Gasteiger partial charge in [0, 0.05) is 12.8 Å². The molecule has 0 aromatic carbocycles. The molecule has 2 atom stereocenters. The van der Waals surface area contributed by atoms with E-state index in [1.165, 1.54) is 0 Å². The molecule has 17 heavy (non-hydrogen) atoms. The second kappa shape index (κ2) is 5.40. The largest absolute Gasteiger partial charge is 0.544 e. The lowest BCUT2D eigenvalue weighted by molar-refractivity contribution is -0.873. The summed E-state index contributed by atoms with van der Waals surface area (Å²) in [6, 6.07) is -0.864. The zero-order chi connectivity index (χ0) is 13.1. The SMILES string of the molecule is CCC(=O)C(=O)[N+]1(CC)CCCCC1C(=O)[O-]. The van der Waals surface area contributed by atoms with Gasteiger partial charge < -0.3 is 9.90 Å². The molecule has 96 valence electrons. The standard InChI is InChI=1S/C12H19NO4/c1-3-10(14)11(15)13(4-2)8-6-5-7-9(13)12(16)17/h9H,3-8H2,1-2H3. The molecule has 1 fully saturated rings. The highest BCUT2D eigenvalue weighted by molar-refractivity contribution is 6.33. The van der Waals surface area contributed by atoms with Crippen molar-refractivity contribution in [1.82, 2.24) is 0 Å². The van der Waals surface area contributed by atoms with Crippen molar-refractivity contribution in [2.24, 2.45) is 0 Å². The predicted octanol–water partition coefficient (Wildman–Crippen LogP) is -0.369. The third-order valence-electron chi connectivity index (χ3n) is 3.68. The van der Waals surface area contributed by atoms with Crippen LogP contribution in [0, 0.1) is 0 Å². The molecule has 1 aliphatic rings. The molecule has 0 spiro atoms. The van der Waals surface area contributed by atoms with Gasteiger partial charge in [-0.2, -0.15) is 0 Å². The number of amides is 1. The van der Waals surface area contributed by atoms with Gasteiger partial charge in [0.1, 0.15) is 6.04 Å². The zero-order valence-corrected chi connectivity index (χ0v) is 10.4. The van der Waals surface area contributed by atoms with Crippen molar-refractivity contribution in [1.29, 1.82) is 0 Å². The topological polar surface area (TPSA) is 74.3 Å². The van der Waals surface area contributed by atoms with E-state index in [0.29, 0.717) is 19.5 Å². The number of Topliss-reactive ketones (excluding diaryl/α,β-unsaturated/α-hetero) is 1. The number of carbonyl (C=O) groups is 3. The number of ketones is 1. The molecule has 1 rings (SSSR count). The van der Waals surface area contributed by atoms with E-state index in [1.54, 1.807) is 13.8 Å². The number of carboxylic acid groups (broad SMARTS) is 1. The number of piperidine rings is 1. The molecule has 1 aliphatic heterocycles. The van der Waals surface area contributed by atoms with E-state index in [-0.39, 0.29) is 10.9 Å². The average Bonchev–Trinajstić information content (AvgIpc) is 2.36. The van der Waals surface area contributed by atoms with Crippen molar-refractivity contribution in [2.45, 2.75) is 45.6 Å². The third-order valence-corrected chi connectivity index (χ3v) is 3.68. The van der Waals surface area contributed by atoms with Gasteiger partial charge in [0.05, 0.1) is 19.1 Å². The zero-order valence-electron chi connectivity index (χ0n) is 10.4. The molecule has 0 aromatic rings. The first-order valence-corrected chi connectivity index (χ1v) is 6.15. The van der Waals surface area contributed by atoms with Crippen LogP contribution in [0.15, 0.2) is 0 Å².